The van der Waals surface area contributed by atoms with Crippen LogP contribution in [0.25, 0.3) is 0 Å². The number of benzene rings is 1. The number of ether oxygens (including phenoxy) is 1. The number of halogens is 1. The Kier molecular flexibility index (Phi) is 5.63. The molecule has 19 heavy (non-hydrogen) atoms. The third-order valence-electron chi connectivity index (χ3n) is 3.13. The molecule has 0 aromatic heterocycles. The maximum Gasteiger partial charge on any atom is 0.251 e. The Morgan fingerprint density at radius 3 is 2.68 bits per heavy atom. The zero-order valence-corrected chi connectivity index (χ0v) is 11.6. The Morgan fingerprint density at radius 1 is 1.32 bits per heavy atom. The van der Waals surface area contributed by atoms with E-state index in [9.17, 15) is 4.79 Å². The van der Waals surface area contributed by atoms with Crippen molar-refractivity contribution in [2.75, 3.05) is 26.2 Å². The highest BCUT2D eigenvalue weighted by Crippen LogP contribution is 2.09. The van der Waals surface area contributed by atoms with Crippen LogP contribution in [0.3, 0.4) is 0 Å². The number of nitrogens with one attached hydrogen (secondary N) is 2. The van der Waals surface area contributed by atoms with E-state index in [2.05, 4.69) is 10.6 Å². The molecule has 1 amide bonds. The minimum absolute atomic E-state index is 0.0921. The summed E-state index contributed by atoms with van der Waals surface area (Å²) in [5.41, 5.74) is 0.617. The first-order valence-electron chi connectivity index (χ1n) is 6.62. The van der Waals surface area contributed by atoms with Crippen molar-refractivity contribution < 1.29 is 9.53 Å². The van der Waals surface area contributed by atoms with Gasteiger partial charge < -0.3 is 15.4 Å². The molecule has 0 atom stereocenters. The van der Waals surface area contributed by atoms with Crippen LogP contribution in [0, 0.1) is 0 Å². The quantitative estimate of drug-likeness (QED) is 0.810. The molecular formula is C14H19ClN2O2. The third-order valence-corrected chi connectivity index (χ3v) is 3.39. The van der Waals surface area contributed by atoms with E-state index in [-0.39, 0.29) is 5.91 Å². The van der Waals surface area contributed by atoms with Crippen molar-refractivity contribution in [1.29, 1.82) is 0 Å². The Balaban J connectivity index is 1.64. The molecule has 0 bridgehead atoms. The van der Waals surface area contributed by atoms with Gasteiger partial charge in [-0.15, -0.1) is 0 Å². The van der Waals surface area contributed by atoms with E-state index in [1.807, 2.05) is 0 Å². The Bertz CT molecular complexity index is 402. The number of amides is 1. The molecule has 1 saturated heterocycles. The first-order chi connectivity index (χ1) is 9.25. The summed E-state index contributed by atoms with van der Waals surface area (Å²) in [6, 6.07) is 6.85. The highest BCUT2D eigenvalue weighted by atomic mass is 35.5. The second-order valence-electron chi connectivity index (χ2n) is 4.58. The van der Waals surface area contributed by atoms with Gasteiger partial charge in [-0.05, 0) is 50.2 Å². The van der Waals surface area contributed by atoms with Crippen molar-refractivity contribution >= 4 is 17.5 Å². The number of hydrogen-bond donors (Lipinski definition) is 2. The largest absolute Gasteiger partial charge is 0.376 e. The number of hydrogen-bond acceptors (Lipinski definition) is 3. The summed E-state index contributed by atoms with van der Waals surface area (Å²) in [6.45, 7) is 3.12. The van der Waals surface area contributed by atoms with Crippen molar-refractivity contribution in [3.63, 3.8) is 0 Å². The summed E-state index contributed by atoms with van der Waals surface area (Å²) in [6.07, 6.45) is 2.42. The first kappa shape index (κ1) is 14.3. The summed E-state index contributed by atoms with van der Waals surface area (Å²) >= 11 is 5.77. The molecule has 1 heterocycles. The zero-order chi connectivity index (χ0) is 13.5. The van der Waals surface area contributed by atoms with Gasteiger partial charge in [0.25, 0.3) is 5.91 Å². The molecule has 2 N–H and O–H groups in total. The summed E-state index contributed by atoms with van der Waals surface area (Å²) in [4.78, 5) is 11.8. The van der Waals surface area contributed by atoms with Crippen LogP contribution in [0.1, 0.15) is 23.2 Å². The predicted molar refractivity (Wildman–Crippen MR) is 75.6 cm³/mol. The highest BCUT2D eigenvalue weighted by Gasteiger charge is 2.12. The van der Waals surface area contributed by atoms with E-state index in [1.165, 1.54) is 0 Å². The summed E-state index contributed by atoms with van der Waals surface area (Å²) in [5, 5.41) is 6.75. The lowest BCUT2D eigenvalue weighted by Gasteiger charge is -2.22. The molecule has 1 fully saturated rings. The topological polar surface area (TPSA) is 50.4 Å². The average molecular weight is 283 g/mol. The molecule has 1 aliphatic rings. The average Bonchev–Trinajstić information content (AvgIpc) is 2.45. The van der Waals surface area contributed by atoms with Crippen molar-refractivity contribution in [3.05, 3.63) is 34.9 Å². The molecule has 5 heteroatoms. The molecule has 0 aliphatic carbocycles. The van der Waals surface area contributed by atoms with E-state index in [4.69, 9.17) is 16.3 Å². The minimum Gasteiger partial charge on any atom is -0.376 e. The molecule has 0 unspecified atom stereocenters. The van der Waals surface area contributed by atoms with E-state index in [1.54, 1.807) is 24.3 Å². The fourth-order valence-corrected chi connectivity index (χ4v) is 2.18. The molecule has 104 valence electrons. The summed E-state index contributed by atoms with van der Waals surface area (Å²) < 4.78 is 5.71. The van der Waals surface area contributed by atoms with Gasteiger partial charge >= 0.3 is 0 Å². The standard InChI is InChI=1S/C14H19ClN2O2/c15-12-3-1-11(2-4-12)14(18)17-9-10-19-13-5-7-16-8-6-13/h1-4,13,16H,5-10H2,(H,17,18). The molecule has 1 aliphatic heterocycles. The van der Waals surface area contributed by atoms with E-state index in [0.29, 0.717) is 29.8 Å². The Morgan fingerprint density at radius 2 is 2.00 bits per heavy atom. The van der Waals surface area contributed by atoms with Crippen LogP contribution < -0.4 is 10.6 Å². The first-order valence-corrected chi connectivity index (χ1v) is 6.99. The summed E-state index contributed by atoms with van der Waals surface area (Å²) in [7, 11) is 0. The number of rotatable bonds is 5. The van der Waals surface area contributed by atoms with Crippen molar-refractivity contribution in [2.45, 2.75) is 18.9 Å². The van der Waals surface area contributed by atoms with Crippen molar-refractivity contribution in [1.82, 2.24) is 10.6 Å². The monoisotopic (exact) mass is 282 g/mol. The number of piperidine rings is 1. The zero-order valence-electron chi connectivity index (χ0n) is 10.8. The SMILES string of the molecule is O=C(NCCOC1CCNCC1)c1ccc(Cl)cc1. The molecule has 4 nitrogen and oxygen atoms in total. The lowest BCUT2D eigenvalue weighted by atomic mass is 10.1. The molecule has 1 aromatic carbocycles. The van der Waals surface area contributed by atoms with Crippen molar-refractivity contribution in [3.8, 4) is 0 Å². The van der Waals surface area contributed by atoms with E-state index in [0.717, 1.165) is 25.9 Å². The van der Waals surface area contributed by atoms with Gasteiger partial charge in [0.15, 0.2) is 0 Å². The van der Waals surface area contributed by atoms with Crippen LogP contribution in [0.15, 0.2) is 24.3 Å². The normalized spacial score (nSPS) is 16.3. The van der Waals surface area contributed by atoms with Gasteiger partial charge in [-0.2, -0.15) is 0 Å². The van der Waals surface area contributed by atoms with E-state index < -0.39 is 0 Å². The van der Waals surface area contributed by atoms with E-state index >= 15 is 0 Å². The third kappa shape index (κ3) is 4.82. The van der Waals surface area contributed by atoms with Gasteiger partial charge in [0.1, 0.15) is 0 Å². The minimum atomic E-state index is -0.0921. The van der Waals surface area contributed by atoms with Gasteiger partial charge in [-0.25, -0.2) is 0 Å². The Hall–Kier alpha value is -1.10. The van der Waals surface area contributed by atoms with Crippen LogP contribution in [0.4, 0.5) is 0 Å². The van der Waals surface area contributed by atoms with Crippen LogP contribution in [0.5, 0.6) is 0 Å². The molecule has 0 saturated carbocycles. The molecule has 2 rings (SSSR count). The van der Waals surface area contributed by atoms with Gasteiger partial charge in [0.05, 0.1) is 12.7 Å². The second kappa shape index (κ2) is 7.48. The van der Waals surface area contributed by atoms with Gasteiger partial charge in [0.2, 0.25) is 0 Å². The van der Waals surface area contributed by atoms with Gasteiger partial charge in [-0.1, -0.05) is 11.6 Å². The second-order valence-corrected chi connectivity index (χ2v) is 5.02. The van der Waals surface area contributed by atoms with Crippen molar-refractivity contribution in [2.24, 2.45) is 0 Å². The predicted octanol–water partition coefficient (Wildman–Crippen LogP) is 1.84. The fraction of sp³-hybridized carbons (Fsp3) is 0.500. The lowest BCUT2D eigenvalue weighted by molar-refractivity contribution is 0.0343. The number of carbonyl (C=O) groups is 1. The Labute approximate surface area is 118 Å². The number of carbonyl (C=O) groups excluding carboxylic acids is 1. The lowest BCUT2D eigenvalue weighted by Crippen LogP contribution is -2.34. The van der Waals surface area contributed by atoms with Crippen LogP contribution in [0.2, 0.25) is 5.02 Å². The summed E-state index contributed by atoms with van der Waals surface area (Å²) in [5.74, 6) is -0.0921. The van der Waals surface area contributed by atoms with Crippen LogP contribution >= 0.6 is 11.6 Å². The highest BCUT2D eigenvalue weighted by molar-refractivity contribution is 6.30. The van der Waals surface area contributed by atoms with Gasteiger partial charge in [0, 0.05) is 17.1 Å². The molecule has 0 radical (unpaired) electrons. The maximum absolute atomic E-state index is 11.8. The molecule has 0 spiro atoms. The molecule has 1 aromatic rings. The molecular weight excluding hydrogens is 264 g/mol. The van der Waals surface area contributed by atoms with Crippen LogP contribution in [-0.2, 0) is 4.74 Å². The van der Waals surface area contributed by atoms with Crippen LogP contribution in [-0.4, -0.2) is 38.3 Å². The van der Waals surface area contributed by atoms with Gasteiger partial charge in [-0.3, -0.25) is 4.79 Å². The fourth-order valence-electron chi connectivity index (χ4n) is 2.06. The smallest absolute Gasteiger partial charge is 0.251 e. The maximum atomic E-state index is 11.8.